The minimum Gasteiger partial charge on any atom is -0.391 e. The Bertz CT molecular complexity index is 809. The number of nitrogens with one attached hydrogen (secondary N) is 2. The van der Waals surface area contributed by atoms with E-state index < -0.39 is 12.1 Å². The Kier molecular flexibility index (Phi) is 6.35. The molecule has 9 nitrogen and oxygen atoms in total. The van der Waals surface area contributed by atoms with E-state index in [0.29, 0.717) is 37.9 Å². The summed E-state index contributed by atoms with van der Waals surface area (Å²) in [4.78, 5) is 30.9. The molecule has 0 bridgehead atoms. The second-order valence-electron chi connectivity index (χ2n) is 7.25. The summed E-state index contributed by atoms with van der Waals surface area (Å²) in [6.45, 7) is 2.26. The van der Waals surface area contributed by atoms with Crippen LogP contribution < -0.4 is 5.32 Å². The van der Waals surface area contributed by atoms with Gasteiger partial charge in [0, 0.05) is 37.8 Å². The Morgan fingerprint density at radius 1 is 1.32 bits per heavy atom. The number of likely N-dealkylation sites (N-methyl/N-ethyl adjacent to an activating group) is 1. The molecule has 3 atom stereocenters. The van der Waals surface area contributed by atoms with Crippen molar-refractivity contribution in [3.05, 3.63) is 41.5 Å². The number of aryl methyl sites for hydroxylation is 1. The summed E-state index contributed by atoms with van der Waals surface area (Å²) in [5, 5.41) is 23.3. The molecule has 3 rings (SSSR count). The summed E-state index contributed by atoms with van der Waals surface area (Å²) >= 11 is 0. The number of pyridine rings is 1. The average molecular weight is 386 g/mol. The standard InChI is InChI=1S/C19H26N6O3/c1-12-17(23-24-22-12)18(27)21-15-7-6-13(11-16(15)26)19(28)25(2)10-8-14-5-3-4-9-20-14/h3-5,9,13,15-16,26H,6-8,10-11H2,1-2H3,(H,21,27)(H,22,23,24)/t13-,15-,16-/m0/s1. The minimum absolute atomic E-state index is 0.0205. The van der Waals surface area contributed by atoms with E-state index in [9.17, 15) is 14.7 Å². The van der Waals surface area contributed by atoms with Crippen molar-refractivity contribution in [1.82, 2.24) is 30.6 Å². The van der Waals surface area contributed by atoms with Gasteiger partial charge in [0.15, 0.2) is 5.69 Å². The summed E-state index contributed by atoms with van der Waals surface area (Å²) in [5.74, 6) is -0.592. The van der Waals surface area contributed by atoms with Crippen LogP contribution in [0.2, 0.25) is 0 Å². The molecule has 1 aliphatic carbocycles. The van der Waals surface area contributed by atoms with Crippen LogP contribution in [0.1, 0.15) is 41.1 Å². The quantitative estimate of drug-likeness (QED) is 0.663. The number of amides is 2. The van der Waals surface area contributed by atoms with Gasteiger partial charge >= 0.3 is 0 Å². The maximum atomic E-state index is 12.7. The Morgan fingerprint density at radius 3 is 2.79 bits per heavy atom. The maximum absolute atomic E-state index is 12.7. The molecule has 2 heterocycles. The number of nitrogens with zero attached hydrogens (tertiary/aromatic N) is 4. The van der Waals surface area contributed by atoms with Crippen LogP contribution in [-0.4, -0.2) is 68.0 Å². The van der Waals surface area contributed by atoms with Crippen LogP contribution in [0.25, 0.3) is 0 Å². The van der Waals surface area contributed by atoms with E-state index in [4.69, 9.17) is 0 Å². The fraction of sp³-hybridized carbons (Fsp3) is 0.526. The highest BCUT2D eigenvalue weighted by Crippen LogP contribution is 2.26. The zero-order chi connectivity index (χ0) is 20.1. The van der Waals surface area contributed by atoms with Crippen molar-refractivity contribution in [2.24, 2.45) is 5.92 Å². The summed E-state index contributed by atoms with van der Waals surface area (Å²) in [5.41, 5.74) is 1.67. The molecule has 3 N–H and O–H groups in total. The van der Waals surface area contributed by atoms with Crippen molar-refractivity contribution in [1.29, 1.82) is 0 Å². The normalized spacial score (nSPS) is 21.9. The van der Waals surface area contributed by atoms with Crippen molar-refractivity contribution in [3.8, 4) is 0 Å². The van der Waals surface area contributed by atoms with Crippen molar-refractivity contribution in [3.63, 3.8) is 0 Å². The number of rotatable bonds is 6. The van der Waals surface area contributed by atoms with Gasteiger partial charge in [-0.1, -0.05) is 6.07 Å². The van der Waals surface area contributed by atoms with Crippen LogP contribution in [0.5, 0.6) is 0 Å². The summed E-state index contributed by atoms with van der Waals surface area (Å²) < 4.78 is 0. The predicted octanol–water partition coefficient (Wildman–Crippen LogP) is 0.469. The van der Waals surface area contributed by atoms with Gasteiger partial charge in [-0.2, -0.15) is 15.4 Å². The van der Waals surface area contributed by atoms with Gasteiger partial charge in [-0.15, -0.1) is 0 Å². The Labute approximate surface area is 163 Å². The number of aliphatic hydroxyl groups is 1. The van der Waals surface area contributed by atoms with E-state index >= 15 is 0 Å². The van der Waals surface area contributed by atoms with E-state index in [1.165, 1.54) is 0 Å². The van der Waals surface area contributed by atoms with Crippen LogP contribution in [0.4, 0.5) is 0 Å². The molecular formula is C19H26N6O3. The number of aromatic nitrogens is 4. The van der Waals surface area contributed by atoms with Gasteiger partial charge in [-0.05, 0) is 38.3 Å². The number of hydrogen-bond donors (Lipinski definition) is 3. The zero-order valence-corrected chi connectivity index (χ0v) is 16.1. The summed E-state index contributed by atoms with van der Waals surface area (Å²) in [6, 6.07) is 5.33. The number of aromatic amines is 1. The first-order valence-electron chi connectivity index (χ1n) is 9.47. The van der Waals surface area contributed by atoms with E-state index in [1.54, 1.807) is 25.1 Å². The fourth-order valence-corrected chi connectivity index (χ4v) is 3.53. The van der Waals surface area contributed by atoms with Gasteiger partial charge in [0.1, 0.15) is 0 Å². The number of H-pyrrole nitrogens is 1. The topological polar surface area (TPSA) is 124 Å². The second kappa shape index (κ2) is 8.92. The van der Waals surface area contributed by atoms with Crippen molar-refractivity contribution in [2.45, 2.75) is 44.8 Å². The first kappa shape index (κ1) is 19.9. The monoisotopic (exact) mass is 386 g/mol. The summed E-state index contributed by atoms with van der Waals surface area (Å²) in [7, 11) is 1.78. The van der Waals surface area contributed by atoms with E-state index in [1.807, 2.05) is 18.2 Å². The van der Waals surface area contributed by atoms with Gasteiger partial charge in [0.05, 0.1) is 17.8 Å². The van der Waals surface area contributed by atoms with E-state index in [-0.39, 0.29) is 23.4 Å². The van der Waals surface area contributed by atoms with Crippen LogP contribution >= 0.6 is 0 Å². The highest BCUT2D eigenvalue weighted by molar-refractivity contribution is 5.93. The van der Waals surface area contributed by atoms with Crippen molar-refractivity contribution < 1.29 is 14.7 Å². The molecular weight excluding hydrogens is 360 g/mol. The third kappa shape index (κ3) is 4.72. The minimum atomic E-state index is -0.775. The molecule has 0 aliphatic heterocycles. The SMILES string of the molecule is Cc1n[nH]nc1C(=O)N[C@H]1CC[C@H](C(=O)N(C)CCc2ccccn2)C[C@@H]1O. The smallest absolute Gasteiger partial charge is 0.274 e. The van der Waals surface area contributed by atoms with Gasteiger partial charge in [0.2, 0.25) is 5.91 Å². The first-order valence-corrected chi connectivity index (χ1v) is 9.47. The molecule has 2 aromatic heterocycles. The largest absolute Gasteiger partial charge is 0.391 e. The van der Waals surface area contributed by atoms with Gasteiger partial charge in [0.25, 0.3) is 5.91 Å². The van der Waals surface area contributed by atoms with Crippen LogP contribution in [0.15, 0.2) is 24.4 Å². The number of carbonyl (C=O) groups is 2. The highest BCUT2D eigenvalue weighted by Gasteiger charge is 2.35. The molecule has 150 valence electrons. The molecule has 28 heavy (non-hydrogen) atoms. The van der Waals surface area contributed by atoms with E-state index in [2.05, 4.69) is 25.7 Å². The number of carbonyl (C=O) groups excluding carboxylic acids is 2. The predicted molar refractivity (Wildman–Crippen MR) is 101 cm³/mol. The van der Waals surface area contributed by atoms with Crippen LogP contribution in [0, 0.1) is 12.8 Å². The molecule has 2 aromatic rings. The third-order valence-electron chi connectivity index (χ3n) is 5.23. The van der Waals surface area contributed by atoms with Gasteiger partial charge in [-0.25, -0.2) is 0 Å². The third-order valence-corrected chi connectivity index (χ3v) is 5.23. The molecule has 9 heteroatoms. The number of aliphatic hydroxyl groups excluding tert-OH is 1. The van der Waals surface area contributed by atoms with E-state index in [0.717, 1.165) is 5.69 Å². The second-order valence-corrected chi connectivity index (χ2v) is 7.25. The lowest BCUT2D eigenvalue weighted by Gasteiger charge is -2.34. The lowest BCUT2D eigenvalue weighted by Crippen LogP contribution is -2.49. The van der Waals surface area contributed by atoms with Crippen LogP contribution in [0.3, 0.4) is 0 Å². The van der Waals surface area contributed by atoms with Crippen molar-refractivity contribution in [2.75, 3.05) is 13.6 Å². The summed E-state index contributed by atoms with van der Waals surface area (Å²) in [6.07, 6.45) is 3.14. The Morgan fingerprint density at radius 2 is 2.14 bits per heavy atom. The molecule has 1 fully saturated rings. The Hall–Kier alpha value is -2.81. The van der Waals surface area contributed by atoms with Crippen LogP contribution in [-0.2, 0) is 11.2 Å². The molecule has 0 spiro atoms. The van der Waals surface area contributed by atoms with Gasteiger partial charge < -0.3 is 15.3 Å². The van der Waals surface area contributed by atoms with Gasteiger partial charge in [-0.3, -0.25) is 14.6 Å². The lowest BCUT2D eigenvalue weighted by molar-refractivity contribution is -0.136. The first-order chi connectivity index (χ1) is 13.5. The number of hydrogen-bond acceptors (Lipinski definition) is 6. The molecule has 0 radical (unpaired) electrons. The molecule has 0 unspecified atom stereocenters. The average Bonchev–Trinajstić information content (AvgIpc) is 3.14. The fourth-order valence-electron chi connectivity index (χ4n) is 3.53. The van der Waals surface area contributed by atoms with Crippen molar-refractivity contribution >= 4 is 11.8 Å². The highest BCUT2D eigenvalue weighted by atomic mass is 16.3. The molecule has 0 saturated heterocycles. The molecule has 1 saturated carbocycles. The molecule has 2 amide bonds. The Balaban J connectivity index is 1.49. The maximum Gasteiger partial charge on any atom is 0.274 e. The zero-order valence-electron chi connectivity index (χ0n) is 16.1. The molecule has 0 aromatic carbocycles. The lowest BCUT2D eigenvalue weighted by atomic mass is 9.83. The molecule has 1 aliphatic rings.